The number of halogens is 1. The molecule has 2 nitrogen and oxygen atoms in total. The van der Waals surface area contributed by atoms with Gasteiger partial charge < -0.3 is 9.80 Å². The first-order valence-electron chi connectivity index (χ1n) is 8.87. The van der Waals surface area contributed by atoms with Crippen LogP contribution in [0.2, 0.25) is 0 Å². The first kappa shape index (κ1) is 16.0. The molecule has 2 unspecified atom stereocenters. The van der Waals surface area contributed by atoms with Crippen molar-refractivity contribution in [3.05, 3.63) is 70.4 Å². The highest BCUT2D eigenvalue weighted by Gasteiger charge is 2.51. The highest BCUT2D eigenvalue weighted by Crippen LogP contribution is 2.54. The van der Waals surface area contributed by atoms with Crippen molar-refractivity contribution in [1.82, 2.24) is 9.80 Å². The van der Waals surface area contributed by atoms with Crippen molar-refractivity contribution in [2.24, 2.45) is 5.41 Å². The lowest BCUT2D eigenvalue weighted by Crippen LogP contribution is -2.41. The van der Waals surface area contributed by atoms with Gasteiger partial charge in [0.2, 0.25) is 0 Å². The van der Waals surface area contributed by atoms with Crippen LogP contribution in [0.3, 0.4) is 0 Å². The molecule has 24 heavy (non-hydrogen) atoms. The zero-order valence-corrected chi connectivity index (χ0v) is 15.3. The SMILES string of the molecule is CN1CCC2=C(C1)C1(C)C(Cl)=CC=CC1N2CCc1ccccc1. The number of nitrogens with zero attached hydrogens (tertiary/aromatic N) is 2. The molecule has 3 aliphatic rings. The van der Waals surface area contributed by atoms with Gasteiger partial charge in [-0.1, -0.05) is 54.1 Å². The monoisotopic (exact) mass is 340 g/mol. The molecular weight excluding hydrogens is 316 g/mol. The van der Waals surface area contributed by atoms with Crippen LogP contribution in [-0.2, 0) is 6.42 Å². The van der Waals surface area contributed by atoms with Gasteiger partial charge in [0.05, 0.1) is 11.5 Å². The van der Waals surface area contributed by atoms with E-state index in [9.17, 15) is 0 Å². The van der Waals surface area contributed by atoms with E-state index in [1.807, 2.05) is 0 Å². The van der Waals surface area contributed by atoms with E-state index in [1.165, 1.54) is 16.8 Å². The Hall–Kier alpha value is -1.51. The Balaban J connectivity index is 1.66. The normalized spacial score (nSPS) is 29.5. The Morgan fingerprint density at radius 2 is 2.04 bits per heavy atom. The van der Waals surface area contributed by atoms with E-state index in [0.717, 1.165) is 37.5 Å². The molecule has 0 fully saturated rings. The lowest BCUT2D eigenvalue weighted by molar-refractivity contribution is 0.243. The van der Waals surface area contributed by atoms with Gasteiger partial charge in [0.1, 0.15) is 0 Å². The van der Waals surface area contributed by atoms with Crippen molar-refractivity contribution in [1.29, 1.82) is 0 Å². The zero-order chi connectivity index (χ0) is 16.7. The van der Waals surface area contributed by atoms with Crippen molar-refractivity contribution < 1.29 is 0 Å². The summed E-state index contributed by atoms with van der Waals surface area (Å²) < 4.78 is 0. The summed E-state index contributed by atoms with van der Waals surface area (Å²) in [5.41, 5.74) is 4.41. The van der Waals surface area contributed by atoms with E-state index in [1.54, 1.807) is 0 Å². The van der Waals surface area contributed by atoms with Crippen LogP contribution < -0.4 is 0 Å². The van der Waals surface area contributed by atoms with Crippen LogP contribution in [-0.4, -0.2) is 42.5 Å². The summed E-state index contributed by atoms with van der Waals surface area (Å²) in [5, 5.41) is 0.986. The van der Waals surface area contributed by atoms with E-state index in [0.29, 0.717) is 6.04 Å². The molecule has 1 aromatic carbocycles. The summed E-state index contributed by atoms with van der Waals surface area (Å²) in [6, 6.07) is 11.2. The molecule has 0 bridgehead atoms. The molecule has 2 atom stereocenters. The van der Waals surface area contributed by atoms with Crippen molar-refractivity contribution in [2.75, 3.05) is 26.7 Å². The van der Waals surface area contributed by atoms with Gasteiger partial charge in [-0.05, 0) is 37.6 Å². The van der Waals surface area contributed by atoms with E-state index in [2.05, 4.69) is 72.3 Å². The molecule has 0 aromatic heterocycles. The minimum absolute atomic E-state index is 0.0585. The Morgan fingerprint density at radius 3 is 2.83 bits per heavy atom. The zero-order valence-electron chi connectivity index (χ0n) is 14.5. The average Bonchev–Trinajstić information content (AvgIpc) is 2.84. The van der Waals surface area contributed by atoms with E-state index >= 15 is 0 Å². The average molecular weight is 341 g/mol. The summed E-state index contributed by atoms with van der Waals surface area (Å²) in [6.07, 6.45) is 8.76. The van der Waals surface area contributed by atoms with Gasteiger partial charge >= 0.3 is 0 Å². The minimum Gasteiger partial charge on any atom is -0.367 e. The molecule has 1 aromatic rings. The van der Waals surface area contributed by atoms with Crippen molar-refractivity contribution >= 4 is 11.6 Å². The molecular formula is C21H25ClN2. The first-order valence-corrected chi connectivity index (χ1v) is 9.24. The van der Waals surface area contributed by atoms with Gasteiger partial charge in [0.15, 0.2) is 0 Å². The molecule has 2 heterocycles. The van der Waals surface area contributed by atoms with Gasteiger partial charge in [-0.2, -0.15) is 0 Å². The number of allylic oxidation sites excluding steroid dienone is 2. The second-order valence-electron chi connectivity index (χ2n) is 7.39. The Kier molecular flexibility index (Phi) is 4.06. The highest BCUT2D eigenvalue weighted by molar-refractivity contribution is 6.31. The molecule has 0 saturated heterocycles. The Labute approximate surface area is 150 Å². The van der Waals surface area contributed by atoms with Crippen molar-refractivity contribution in [2.45, 2.75) is 25.8 Å². The number of benzene rings is 1. The summed E-state index contributed by atoms with van der Waals surface area (Å²) in [5.74, 6) is 0. The van der Waals surface area contributed by atoms with Crippen LogP contribution in [0.15, 0.2) is 64.9 Å². The second kappa shape index (κ2) is 6.09. The second-order valence-corrected chi connectivity index (χ2v) is 7.80. The van der Waals surface area contributed by atoms with Crippen LogP contribution in [0.4, 0.5) is 0 Å². The first-order chi connectivity index (χ1) is 11.6. The van der Waals surface area contributed by atoms with Gasteiger partial charge in [0, 0.05) is 36.8 Å². The van der Waals surface area contributed by atoms with Crippen molar-refractivity contribution in [3.63, 3.8) is 0 Å². The molecule has 0 amide bonds. The van der Waals surface area contributed by atoms with Crippen LogP contribution in [0.5, 0.6) is 0 Å². The maximum atomic E-state index is 6.74. The highest BCUT2D eigenvalue weighted by atomic mass is 35.5. The molecule has 1 aliphatic carbocycles. The molecule has 0 radical (unpaired) electrons. The molecule has 0 N–H and O–H groups in total. The largest absolute Gasteiger partial charge is 0.367 e. The number of likely N-dealkylation sites (N-methyl/N-ethyl adjacent to an activating group) is 1. The van der Waals surface area contributed by atoms with Gasteiger partial charge in [0.25, 0.3) is 0 Å². The third-order valence-electron chi connectivity index (χ3n) is 5.92. The molecule has 4 rings (SSSR count). The predicted molar refractivity (Wildman–Crippen MR) is 101 cm³/mol. The third-order valence-corrected chi connectivity index (χ3v) is 6.44. The molecule has 126 valence electrons. The Morgan fingerprint density at radius 1 is 1.25 bits per heavy atom. The summed E-state index contributed by atoms with van der Waals surface area (Å²) in [4.78, 5) is 5.05. The fraction of sp³-hybridized carbons (Fsp3) is 0.429. The number of hydrogen-bond acceptors (Lipinski definition) is 2. The fourth-order valence-corrected chi connectivity index (χ4v) is 4.79. The van der Waals surface area contributed by atoms with Crippen LogP contribution in [0.25, 0.3) is 0 Å². The minimum atomic E-state index is -0.0585. The number of fused-ring (bicyclic) bond motifs is 2. The van der Waals surface area contributed by atoms with Crippen molar-refractivity contribution in [3.8, 4) is 0 Å². The lowest BCUT2D eigenvalue weighted by Gasteiger charge is -2.38. The topological polar surface area (TPSA) is 6.48 Å². The quantitative estimate of drug-likeness (QED) is 0.813. The molecule has 2 aliphatic heterocycles. The van der Waals surface area contributed by atoms with E-state index in [-0.39, 0.29) is 5.41 Å². The van der Waals surface area contributed by atoms with Gasteiger partial charge in [-0.3, -0.25) is 0 Å². The molecule has 3 heteroatoms. The summed E-state index contributed by atoms with van der Waals surface area (Å²) in [7, 11) is 2.21. The summed E-state index contributed by atoms with van der Waals surface area (Å²) in [6.45, 7) is 5.55. The Bertz CT molecular complexity index is 719. The van der Waals surface area contributed by atoms with Gasteiger partial charge in [-0.15, -0.1) is 0 Å². The molecule has 0 saturated carbocycles. The number of rotatable bonds is 3. The van der Waals surface area contributed by atoms with E-state index < -0.39 is 0 Å². The molecule has 0 spiro atoms. The van der Waals surface area contributed by atoms with E-state index in [4.69, 9.17) is 11.6 Å². The van der Waals surface area contributed by atoms with Gasteiger partial charge in [-0.25, -0.2) is 0 Å². The van der Waals surface area contributed by atoms with Crippen LogP contribution in [0, 0.1) is 5.41 Å². The maximum absolute atomic E-state index is 6.74. The predicted octanol–water partition coefficient (Wildman–Crippen LogP) is 4.20. The third kappa shape index (κ3) is 2.44. The smallest absolute Gasteiger partial charge is 0.0614 e. The fourth-order valence-electron chi connectivity index (χ4n) is 4.50. The van der Waals surface area contributed by atoms with Crippen LogP contribution >= 0.6 is 11.6 Å². The summed E-state index contributed by atoms with van der Waals surface area (Å²) >= 11 is 6.74. The maximum Gasteiger partial charge on any atom is 0.0614 e. The standard InChI is InChI=1S/C21H25ClN2/c1-21-17-15-23(2)13-12-18(17)24(20(21)10-6-9-19(21)22)14-11-16-7-4-3-5-8-16/h3-10,20H,11-15H2,1-2H3. The lowest BCUT2D eigenvalue weighted by atomic mass is 9.74. The number of hydrogen-bond donors (Lipinski definition) is 0. The van der Waals surface area contributed by atoms with Crippen LogP contribution in [0.1, 0.15) is 18.9 Å².